The Morgan fingerprint density at radius 3 is 2.84 bits per heavy atom. The summed E-state index contributed by atoms with van der Waals surface area (Å²) >= 11 is 0. The second kappa shape index (κ2) is 7.48. The zero-order valence-corrected chi connectivity index (χ0v) is 11.6. The molecule has 1 unspecified atom stereocenters. The highest BCUT2D eigenvalue weighted by molar-refractivity contribution is 5.49. The number of nitrogens with zero attached hydrogens (tertiary/aromatic N) is 1. The number of aliphatic hydroxyl groups is 1. The molecule has 0 saturated carbocycles. The number of aliphatic hydroxyl groups excluding tert-OH is 1. The van der Waals surface area contributed by atoms with Crippen LogP contribution in [0.2, 0.25) is 0 Å². The largest absolute Gasteiger partial charge is 0.394 e. The number of hydrogen-bond acceptors (Lipinski definition) is 4. The molecule has 1 saturated heterocycles. The molecule has 1 aliphatic heterocycles. The van der Waals surface area contributed by atoms with Gasteiger partial charge in [-0.1, -0.05) is 12.1 Å². The van der Waals surface area contributed by atoms with E-state index in [1.165, 1.54) is 17.7 Å². The van der Waals surface area contributed by atoms with E-state index >= 15 is 0 Å². The summed E-state index contributed by atoms with van der Waals surface area (Å²) in [5.74, 6) is 0. The second-order valence-electron chi connectivity index (χ2n) is 5.01. The van der Waals surface area contributed by atoms with E-state index in [9.17, 15) is 5.11 Å². The molecule has 1 aliphatic rings. The fourth-order valence-electron chi connectivity index (χ4n) is 2.58. The molecular weight excluding hydrogens is 240 g/mol. The molecule has 1 aromatic rings. The molecular formula is C15H24N2O2. The summed E-state index contributed by atoms with van der Waals surface area (Å²) in [5, 5.41) is 12.7. The van der Waals surface area contributed by atoms with Crippen LogP contribution in [0.5, 0.6) is 0 Å². The van der Waals surface area contributed by atoms with Crippen LogP contribution in [0.1, 0.15) is 18.4 Å². The number of hydrogen-bond donors (Lipinski definition) is 2. The lowest BCUT2D eigenvalue weighted by molar-refractivity contribution is 0.199. The Bertz CT molecular complexity index is 367. The van der Waals surface area contributed by atoms with Crippen LogP contribution < -0.4 is 10.2 Å². The van der Waals surface area contributed by atoms with Crippen LogP contribution in [-0.4, -0.2) is 44.6 Å². The van der Waals surface area contributed by atoms with Crippen LogP contribution in [-0.2, 0) is 11.3 Å². The third-order valence-corrected chi connectivity index (χ3v) is 3.67. The number of anilines is 1. The average molecular weight is 264 g/mol. The van der Waals surface area contributed by atoms with Crippen molar-refractivity contribution in [1.82, 2.24) is 5.32 Å². The van der Waals surface area contributed by atoms with Crippen molar-refractivity contribution in [2.75, 3.05) is 38.3 Å². The zero-order valence-electron chi connectivity index (χ0n) is 11.6. The smallest absolute Gasteiger partial charge is 0.0635 e. The third-order valence-electron chi connectivity index (χ3n) is 3.67. The SMILES string of the molecule is COCCNCc1ccc(N2CCCC2CO)cc1. The van der Waals surface area contributed by atoms with Gasteiger partial charge in [0.05, 0.1) is 19.3 Å². The molecule has 0 aliphatic carbocycles. The topological polar surface area (TPSA) is 44.7 Å². The summed E-state index contributed by atoms with van der Waals surface area (Å²) < 4.78 is 5.00. The maximum atomic E-state index is 9.36. The van der Waals surface area contributed by atoms with E-state index in [-0.39, 0.29) is 6.61 Å². The van der Waals surface area contributed by atoms with Crippen molar-refractivity contribution in [3.63, 3.8) is 0 Å². The van der Waals surface area contributed by atoms with Crippen LogP contribution in [0.4, 0.5) is 5.69 Å². The lowest BCUT2D eigenvalue weighted by atomic mass is 10.1. The van der Waals surface area contributed by atoms with Crippen LogP contribution >= 0.6 is 0 Å². The van der Waals surface area contributed by atoms with E-state index in [4.69, 9.17) is 4.74 Å². The predicted molar refractivity (Wildman–Crippen MR) is 77.5 cm³/mol. The number of nitrogens with one attached hydrogen (secondary N) is 1. The van der Waals surface area contributed by atoms with Crippen molar-refractivity contribution >= 4 is 5.69 Å². The summed E-state index contributed by atoms with van der Waals surface area (Å²) in [6.07, 6.45) is 2.27. The van der Waals surface area contributed by atoms with E-state index in [1.807, 2.05) is 0 Å². The number of rotatable bonds is 7. The van der Waals surface area contributed by atoms with E-state index in [2.05, 4.69) is 34.5 Å². The Hall–Kier alpha value is -1.10. The molecule has 1 heterocycles. The zero-order chi connectivity index (χ0) is 13.5. The normalized spacial score (nSPS) is 19.1. The standard InChI is InChI=1S/C15H24N2O2/c1-19-10-8-16-11-13-4-6-14(7-5-13)17-9-2-3-15(17)12-18/h4-7,15-16,18H,2-3,8-12H2,1H3. The van der Waals surface area contributed by atoms with Gasteiger partial charge in [0.2, 0.25) is 0 Å². The molecule has 1 aromatic carbocycles. The van der Waals surface area contributed by atoms with E-state index in [0.717, 1.165) is 32.7 Å². The van der Waals surface area contributed by atoms with Crippen molar-refractivity contribution in [2.24, 2.45) is 0 Å². The predicted octanol–water partition coefficient (Wildman–Crippen LogP) is 1.38. The van der Waals surface area contributed by atoms with Gasteiger partial charge in [0.1, 0.15) is 0 Å². The second-order valence-corrected chi connectivity index (χ2v) is 5.01. The fraction of sp³-hybridized carbons (Fsp3) is 0.600. The quantitative estimate of drug-likeness (QED) is 0.730. The first-order chi connectivity index (χ1) is 9.35. The summed E-state index contributed by atoms with van der Waals surface area (Å²) in [6, 6.07) is 8.91. The molecule has 2 N–H and O–H groups in total. The van der Waals surface area contributed by atoms with Crippen LogP contribution in [0.15, 0.2) is 24.3 Å². The van der Waals surface area contributed by atoms with Gasteiger partial charge in [-0.2, -0.15) is 0 Å². The van der Waals surface area contributed by atoms with Gasteiger partial charge in [0, 0.05) is 32.4 Å². The summed E-state index contributed by atoms with van der Waals surface area (Å²) in [4.78, 5) is 2.31. The highest BCUT2D eigenvalue weighted by Gasteiger charge is 2.23. The molecule has 19 heavy (non-hydrogen) atoms. The van der Waals surface area contributed by atoms with Crippen LogP contribution in [0.25, 0.3) is 0 Å². The Kier molecular flexibility index (Phi) is 5.63. The first kappa shape index (κ1) is 14.3. The molecule has 0 spiro atoms. The van der Waals surface area contributed by atoms with Crippen LogP contribution in [0.3, 0.4) is 0 Å². The molecule has 0 amide bonds. The van der Waals surface area contributed by atoms with Crippen molar-refractivity contribution in [2.45, 2.75) is 25.4 Å². The van der Waals surface area contributed by atoms with Gasteiger partial charge >= 0.3 is 0 Å². The lowest BCUT2D eigenvalue weighted by Gasteiger charge is -2.25. The molecule has 0 radical (unpaired) electrons. The van der Waals surface area contributed by atoms with Gasteiger partial charge in [0.25, 0.3) is 0 Å². The highest BCUT2D eigenvalue weighted by Crippen LogP contribution is 2.25. The van der Waals surface area contributed by atoms with E-state index in [1.54, 1.807) is 7.11 Å². The molecule has 1 atom stereocenters. The lowest BCUT2D eigenvalue weighted by Crippen LogP contribution is -2.31. The maximum Gasteiger partial charge on any atom is 0.0635 e. The first-order valence-electron chi connectivity index (χ1n) is 7.01. The molecule has 4 heteroatoms. The summed E-state index contributed by atoms with van der Waals surface area (Å²) in [5.41, 5.74) is 2.50. The van der Waals surface area contributed by atoms with Gasteiger partial charge in [-0.25, -0.2) is 0 Å². The van der Waals surface area contributed by atoms with E-state index in [0.29, 0.717) is 6.04 Å². The van der Waals surface area contributed by atoms with Crippen molar-refractivity contribution < 1.29 is 9.84 Å². The highest BCUT2D eigenvalue weighted by atomic mass is 16.5. The van der Waals surface area contributed by atoms with Gasteiger partial charge in [-0.05, 0) is 30.5 Å². The Balaban J connectivity index is 1.87. The van der Waals surface area contributed by atoms with Gasteiger partial charge < -0.3 is 20.1 Å². The minimum absolute atomic E-state index is 0.250. The molecule has 1 fully saturated rings. The Labute approximate surface area is 115 Å². The molecule has 2 rings (SSSR count). The number of benzene rings is 1. The fourth-order valence-corrected chi connectivity index (χ4v) is 2.58. The van der Waals surface area contributed by atoms with Crippen LogP contribution in [0, 0.1) is 0 Å². The average Bonchev–Trinajstić information content (AvgIpc) is 2.93. The van der Waals surface area contributed by atoms with Gasteiger partial charge in [-0.3, -0.25) is 0 Å². The van der Waals surface area contributed by atoms with Gasteiger partial charge in [-0.15, -0.1) is 0 Å². The Morgan fingerprint density at radius 1 is 1.37 bits per heavy atom. The first-order valence-corrected chi connectivity index (χ1v) is 7.01. The third kappa shape index (κ3) is 3.93. The number of methoxy groups -OCH3 is 1. The molecule has 0 bridgehead atoms. The minimum Gasteiger partial charge on any atom is -0.394 e. The monoisotopic (exact) mass is 264 g/mol. The maximum absolute atomic E-state index is 9.36. The summed E-state index contributed by atoms with van der Waals surface area (Å²) in [7, 11) is 1.71. The molecule has 0 aromatic heterocycles. The van der Waals surface area contributed by atoms with Crippen molar-refractivity contribution in [1.29, 1.82) is 0 Å². The minimum atomic E-state index is 0.250. The van der Waals surface area contributed by atoms with Crippen molar-refractivity contribution in [3.8, 4) is 0 Å². The summed E-state index contributed by atoms with van der Waals surface area (Å²) in [6.45, 7) is 3.78. The van der Waals surface area contributed by atoms with E-state index < -0.39 is 0 Å². The Morgan fingerprint density at radius 2 is 2.16 bits per heavy atom. The molecule has 106 valence electrons. The van der Waals surface area contributed by atoms with Gasteiger partial charge in [0.15, 0.2) is 0 Å². The number of ether oxygens (including phenoxy) is 1. The molecule has 4 nitrogen and oxygen atoms in total. The van der Waals surface area contributed by atoms with Crippen molar-refractivity contribution in [3.05, 3.63) is 29.8 Å².